The number of amides is 1. The first-order chi connectivity index (χ1) is 9.24. The molecule has 6 heteroatoms. The highest BCUT2D eigenvalue weighted by Crippen LogP contribution is 2.05. The highest BCUT2D eigenvalue weighted by molar-refractivity contribution is 5.78. The zero-order valence-corrected chi connectivity index (χ0v) is 11.3. The summed E-state index contributed by atoms with van der Waals surface area (Å²) in [5, 5.41) is 10.4. The van der Waals surface area contributed by atoms with Crippen molar-refractivity contribution in [3.63, 3.8) is 0 Å². The average molecular weight is 266 g/mol. The highest BCUT2D eigenvalue weighted by Gasteiger charge is 2.16. The molecule has 0 spiro atoms. The van der Waals surface area contributed by atoms with E-state index < -0.39 is 0 Å². The second-order valence-corrected chi connectivity index (χ2v) is 4.96. The van der Waals surface area contributed by atoms with Gasteiger partial charge in [-0.3, -0.25) is 9.48 Å². The molecule has 1 amide bonds. The largest absolute Gasteiger partial charge is 0.381 e. The van der Waals surface area contributed by atoms with E-state index in [9.17, 15) is 4.79 Å². The van der Waals surface area contributed by atoms with Crippen molar-refractivity contribution in [3.8, 4) is 0 Å². The number of hydrogen-bond donors (Lipinski definition) is 2. The molecule has 2 rings (SSSR count). The smallest absolute Gasteiger partial charge is 0.234 e. The summed E-state index contributed by atoms with van der Waals surface area (Å²) in [4.78, 5) is 11.8. The molecule has 1 aliphatic rings. The summed E-state index contributed by atoms with van der Waals surface area (Å²) >= 11 is 0. The van der Waals surface area contributed by atoms with Gasteiger partial charge in [-0.15, -0.1) is 0 Å². The van der Waals surface area contributed by atoms with Gasteiger partial charge in [-0.2, -0.15) is 5.10 Å². The lowest BCUT2D eigenvalue weighted by atomic mass is 10.1. The van der Waals surface area contributed by atoms with Crippen molar-refractivity contribution in [2.45, 2.75) is 38.4 Å². The Morgan fingerprint density at radius 2 is 2.32 bits per heavy atom. The summed E-state index contributed by atoms with van der Waals surface area (Å²) < 4.78 is 7.12. The van der Waals surface area contributed by atoms with Gasteiger partial charge in [-0.05, 0) is 25.8 Å². The van der Waals surface area contributed by atoms with Crippen molar-refractivity contribution in [1.29, 1.82) is 0 Å². The van der Waals surface area contributed by atoms with Crippen LogP contribution in [0, 0.1) is 0 Å². The van der Waals surface area contributed by atoms with Crippen LogP contribution < -0.4 is 10.6 Å². The van der Waals surface area contributed by atoms with Crippen LogP contribution in [0.2, 0.25) is 0 Å². The molecule has 19 heavy (non-hydrogen) atoms. The van der Waals surface area contributed by atoms with Gasteiger partial charge >= 0.3 is 0 Å². The molecule has 0 unspecified atom stereocenters. The number of nitrogens with zero attached hydrogens (tertiary/aromatic N) is 2. The number of carbonyl (C=O) groups excluding carboxylic acids is 1. The Morgan fingerprint density at radius 1 is 1.53 bits per heavy atom. The number of hydrogen-bond acceptors (Lipinski definition) is 4. The van der Waals surface area contributed by atoms with Gasteiger partial charge < -0.3 is 15.4 Å². The normalized spacial score (nSPS) is 18.2. The average Bonchev–Trinajstić information content (AvgIpc) is 2.90. The van der Waals surface area contributed by atoms with Crippen LogP contribution in [0.5, 0.6) is 0 Å². The van der Waals surface area contributed by atoms with Crippen LogP contribution in [-0.2, 0) is 16.1 Å². The third-order valence-electron chi connectivity index (χ3n) is 3.22. The topological polar surface area (TPSA) is 68.2 Å². The van der Waals surface area contributed by atoms with E-state index in [-0.39, 0.29) is 18.0 Å². The first-order valence-electron chi connectivity index (χ1n) is 6.82. The zero-order chi connectivity index (χ0) is 13.5. The molecule has 1 atom stereocenters. The number of carbonyl (C=O) groups is 1. The SMILES string of the molecule is C[C@@H](Cn1cccn1)NCC(=O)NC1CCOCC1. The Bertz CT molecular complexity index is 374. The van der Waals surface area contributed by atoms with Crippen LogP contribution >= 0.6 is 0 Å². The first-order valence-corrected chi connectivity index (χ1v) is 6.82. The van der Waals surface area contributed by atoms with Crippen LogP contribution in [0.4, 0.5) is 0 Å². The Labute approximate surface area is 113 Å². The van der Waals surface area contributed by atoms with Gasteiger partial charge in [0.1, 0.15) is 0 Å². The van der Waals surface area contributed by atoms with E-state index in [1.807, 2.05) is 23.9 Å². The Balaban J connectivity index is 1.62. The summed E-state index contributed by atoms with van der Waals surface area (Å²) in [6.45, 7) is 4.64. The Morgan fingerprint density at radius 3 is 3.00 bits per heavy atom. The molecule has 106 valence electrons. The number of aromatic nitrogens is 2. The minimum absolute atomic E-state index is 0.0548. The molecular weight excluding hydrogens is 244 g/mol. The minimum atomic E-state index is 0.0548. The van der Waals surface area contributed by atoms with Crippen molar-refractivity contribution >= 4 is 5.91 Å². The zero-order valence-electron chi connectivity index (χ0n) is 11.3. The number of nitrogens with one attached hydrogen (secondary N) is 2. The van der Waals surface area contributed by atoms with Gasteiger partial charge in [0.05, 0.1) is 13.1 Å². The van der Waals surface area contributed by atoms with Crippen LogP contribution in [0.25, 0.3) is 0 Å². The van der Waals surface area contributed by atoms with Crippen molar-refractivity contribution in [2.75, 3.05) is 19.8 Å². The Kier molecular flexibility index (Phi) is 5.35. The summed E-state index contributed by atoms with van der Waals surface area (Å²) in [7, 11) is 0. The molecule has 1 fully saturated rings. The number of rotatable bonds is 6. The quantitative estimate of drug-likeness (QED) is 0.769. The summed E-state index contributed by atoms with van der Waals surface area (Å²) in [6, 6.07) is 2.37. The molecule has 0 aliphatic carbocycles. The predicted octanol–water partition coefficient (Wildman–Crippen LogP) is 0.156. The monoisotopic (exact) mass is 266 g/mol. The van der Waals surface area contributed by atoms with Crippen LogP contribution in [-0.4, -0.2) is 47.5 Å². The molecule has 1 saturated heterocycles. The summed E-state index contributed by atoms with van der Waals surface area (Å²) in [6.07, 6.45) is 5.49. The molecular formula is C13H22N4O2. The van der Waals surface area contributed by atoms with Crippen molar-refractivity contribution in [1.82, 2.24) is 20.4 Å². The van der Waals surface area contributed by atoms with Gasteiger partial charge in [0.2, 0.25) is 5.91 Å². The second kappa shape index (κ2) is 7.25. The second-order valence-electron chi connectivity index (χ2n) is 4.96. The lowest BCUT2D eigenvalue weighted by Crippen LogP contribution is -2.45. The van der Waals surface area contributed by atoms with Gasteiger partial charge in [-0.1, -0.05) is 0 Å². The van der Waals surface area contributed by atoms with Gasteiger partial charge in [0.15, 0.2) is 0 Å². The molecule has 1 aromatic heterocycles. The van der Waals surface area contributed by atoms with Crippen molar-refractivity contribution < 1.29 is 9.53 Å². The van der Waals surface area contributed by atoms with E-state index in [4.69, 9.17) is 4.74 Å². The van der Waals surface area contributed by atoms with Crippen LogP contribution in [0.15, 0.2) is 18.5 Å². The van der Waals surface area contributed by atoms with E-state index in [1.165, 1.54) is 0 Å². The molecule has 0 aromatic carbocycles. The molecule has 0 bridgehead atoms. The molecule has 2 heterocycles. The molecule has 2 N–H and O–H groups in total. The fraction of sp³-hybridized carbons (Fsp3) is 0.692. The fourth-order valence-corrected chi connectivity index (χ4v) is 2.14. The highest BCUT2D eigenvalue weighted by atomic mass is 16.5. The third-order valence-corrected chi connectivity index (χ3v) is 3.22. The molecule has 0 saturated carbocycles. The van der Waals surface area contributed by atoms with E-state index in [0.29, 0.717) is 6.54 Å². The molecule has 6 nitrogen and oxygen atoms in total. The molecule has 1 aliphatic heterocycles. The standard InChI is InChI=1S/C13H22N4O2/c1-11(10-17-6-2-5-15-17)14-9-13(18)16-12-3-7-19-8-4-12/h2,5-6,11-12,14H,3-4,7-10H2,1H3,(H,16,18)/t11-/m0/s1. The van der Waals surface area contributed by atoms with E-state index in [2.05, 4.69) is 15.7 Å². The van der Waals surface area contributed by atoms with Crippen LogP contribution in [0.3, 0.4) is 0 Å². The Hall–Kier alpha value is -1.40. The summed E-state index contributed by atoms with van der Waals surface area (Å²) in [5.41, 5.74) is 0. The first kappa shape index (κ1) is 14.0. The maximum atomic E-state index is 11.8. The van der Waals surface area contributed by atoms with Crippen molar-refractivity contribution in [3.05, 3.63) is 18.5 Å². The van der Waals surface area contributed by atoms with Gasteiger partial charge in [0, 0.05) is 37.7 Å². The number of ether oxygens (including phenoxy) is 1. The maximum Gasteiger partial charge on any atom is 0.234 e. The molecule has 1 aromatic rings. The van der Waals surface area contributed by atoms with Gasteiger partial charge in [-0.25, -0.2) is 0 Å². The minimum Gasteiger partial charge on any atom is -0.381 e. The molecule has 0 radical (unpaired) electrons. The summed E-state index contributed by atoms with van der Waals surface area (Å²) in [5.74, 6) is 0.0548. The predicted molar refractivity (Wildman–Crippen MR) is 71.7 cm³/mol. The van der Waals surface area contributed by atoms with E-state index in [0.717, 1.165) is 32.6 Å². The van der Waals surface area contributed by atoms with Gasteiger partial charge in [0.25, 0.3) is 0 Å². The van der Waals surface area contributed by atoms with Crippen molar-refractivity contribution in [2.24, 2.45) is 0 Å². The maximum absolute atomic E-state index is 11.8. The van der Waals surface area contributed by atoms with E-state index >= 15 is 0 Å². The third kappa shape index (κ3) is 5.00. The van der Waals surface area contributed by atoms with E-state index in [1.54, 1.807) is 6.20 Å². The lowest BCUT2D eigenvalue weighted by molar-refractivity contribution is -0.121. The fourth-order valence-electron chi connectivity index (χ4n) is 2.14. The lowest BCUT2D eigenvalue weighted by Gasteiger charge is -2.23. The van der Waals surface area contributed by atoms with Crippen LogP contribution in [0.1, 0.15) is 19.8 Å².